The fraction of sp³-hybridized carbons (Fsp3) is 0.412. The lowest BCUT2D eigenvalue weighted by atomic mass is 9.88. The van der Waals surface area contributed by atoms with E-state index in [2.05, 4.69) is 31.2 Å². The van der Waals surface area contributed by atoms with Crippen LogP contribution < -0.4 is 5.32 Å². The number of aromatic nitrogens is 2. The van der Waals surface area contributed by atoms with E-state index in [1.54, 1.807) is 29.9 Å². The highest BCUT2D eigenvalue weighted by molar-refractivity contribution is 5.93. The number of aryl methyl sites for hydroxylation is 1. The molecule has 1 amide bonds. The molecule has 1 N–H and O–H groups in total. The van der Waals surface area contributed by atoms with Gasteiger partial charge in [-0.2, -0.15) is 5.10 Å². The van der Waals surface area contributed by atoms with Gasteiger partial charge in [0, 0.05) is 18.7 Å². The molecule has 0 aliphatic carbocycles. The lowest BCUT2D eigenvalue weighted by Gasteiger charge is -2.27. The average Bonchev–Trinajstić information content (AvgIpc) is 2.80. The van der Waals surface area contributed by atoms with Crippen LogP contribution in [0.4, 0.5) is 4.39 Å². The first-order valence-corrected chi connectivity index (χ1v) is 7.29. The van der Waals surface area contributed by atoms with Gasteiger partial charge >= 0.3 is 0 Å². The minimum Gasteiger partial charge on any atom is -0.348 e. The Morgan fingerprint density at radius 2 is 1.86 bits per heavy atom. The topological polar surface area (TPSA) is 46.9 Å². The second-order valence-electron chi connectivity index (χ2n) is 6.61. The zero-order valence-electron chi connectivity index (χ0n) is 13.6. The molecule has 1 aromatic carbocycles. The van der Waals surface area contributed by atoms with Gasteiger partial charge in [0.25, 0.3) is 5.91 Å². The van der Waals surface area contributed by atoms with Crippen molar-refractivity contribution in [1.82, 2.24) is 15.1 Å². The van der Waals surface area contributed by atoms with Gasteiger partial charge in [0.2, 0.25) is 0 Å². The predicted molar refractivity (Wildman–Crippen MR) is 85.0 cm³/mol. The molecule has 1 heterocycles. The Kier molecular flexibility index (Phi) is 4.35. The Bertz CT molecular complexity index is 668. The van der Waals surface area contributed by atoms with Crippen LogP contribution in [-0.2, 0) is 7.05 Å². The molecule has 0 unspecified atom stereocenters. The predicted octanol–water partition coefficient (Wildman–Crippen LogP) is 3.39. The fourth-order valence-electron chi connectivity index (χ4n) is 1.93. The van der Waals surface area contributed by atoms with Crippen molar-refractivity contribution in [1.29, 1.82) is 0 Å². The minimum atomic E-state index is -0.295. The highest BCUT2D eigenvalue weighted by atomic mass is 19.1. The molecular formula is C17H22FN3O. The molecule has 2 rings (SSSR count). The normalized spacial score (nSPS) is 13.0. The third-order valence-corrected chi connectivity index (χ3v) is 3.90. The molecular weight excluding hydrogens is 281 g/mol. The molecule has 0 bridgehead atoms. The van der Waals surface area contributed by atoms with E-state index in [1.165, 1.54) is 12.1 Å². The van der Waals surface area contributed by atoms with Gasteiger partial charge in [0.05, 0.1) is 5.69 Å². The Labute approximate surface area is 130 Å². The van der Waals surface area contributed by atoms with Gasteiger partial charge in [0.1, 0.15) is 11.5 Å². The van der Waals surface area contributed by atoms with Crippen molar-refractivity contribution < 1.29 is 9.18 Å². The van der Waals surface area contributed by atoms with Crippen molar-refractivity contribution in [2.75, 3.05) is 0 Å². The molecule has 1 atom stereocenters. The molecule has 0 spiro atoms. The molecule has 0 radical (unpaired) electrons. The van der Waals surface area contributed by atoms with Crippen molar-refractivity contribution >= 4 is 5.91 Å². The zero-order valence-corrected chi connectivity index (χ0v) is 13.6. The monoisotopic (exact) mass is 303 g/mol. The lowest BCUT2D eigenvalue weighted by Crippen LogP contribution is -2.42. The summed E-state index contributed by atoms with van der Waals surface area (Å²) in [7, 11) is 1.73. The minimum absolute atomic E-state index is 0.0198. The van der Waals surface area contributed by atoms with Crippen LogP contribution in [0.3, 0.4) is 0 Å². The number of hydrogen-bond acceptors (Lipinski definition) is 2. The molecule has 0 aliphatic rings. The van der Waals surface area contributed by atoms with Crippen LogP contribution in [0.15, 0.2) is 30.3 Å². The Morgan fingerprint density at radius 1 is 1.27 bits per heavy atom. The molecule has 2 aromatic rings. The number of nitrogens with one attached hydrogen (secondary N) is 1. The van der Waals surface area contributed by atoms with Crippen LogP contribution >= 0.6 is 0 Å². The fourth-order valence-corrected chi connectivity index (χ4v) is 1.93. The first-order valence-electron chi connectivity index (χ1n) is 7.29. The van der Waals surface area contributed by atoms with Crippen molar-refractivity contribution in [3.05, 3.63) is 41.8 Å². The van der Waals surface area contributed by atoms with Crippen LogP contribution in [0, 0.1) is 11.2 Å². The van der Waals surface area contributed by atoms with Crippen LogP contribution in [0.5, 0.6) is 0 Å². The van der Waals surface area contributed by atoms with E-state index in [0.717, 1.165) is 5.56 Å². The number of hydrogen-bond donors (Lipinski definition) is 1. The maximum atomic E-state index is 13.0. The van der Waals surface area contributed by atoms with E-state index in [0.29, 0.717) is 11.4 Å². The van der Waals surface area contributed by atoms with Gasteiger partial charge in [-0.25, -0.2) is 4.39 Å². The lowest BCUT2D eigenvalue weighted by molar-refractivity contribution is 0.0900. The standard InChI is InChI=1S/C17H22FN3O/c1-11(17(2,3)4)19-16(22)15-10-14(20-21(15)5)12-6-8-13(18)9-7-12/h6-11H,1-5H3,(H,19,22)/t11-/m0/s1. The van der Waals surface area contributed by atoms with Crippen LogP contribution in [0.25, 0.3) is 11.3 Å². The number of carbonyl (C=O) groups is 1. The number of nitrogens with zero attached hydrogens (tertiary/aromatic N) is 2. The number of halogens is 1. The summed E-state index contributed by atoms with van der Waals surface area (Å²) in [5, 5.41) is 7.33. The first-order chi connectivity index (χ1) is 10.2. The zero-order chi connectivity index (χ0) is 16.5. The molecule has 0 aliphatic heterocycles. The molecule has 0 saturated heterocycles. The van der Waals surface area contributed by atoms with Crippen molar-refractivity contribution in [3.63, 3.8) is 0 Å². The highest BCUT2D eigenvalue weighted by Gasteiger charge is 2.23. The molecule has 0 saturated carbocycles. The van der Waals surface area contributed by atoms with Crippen LogP contribution in [0.2, 0.25) is 0 Å². The van der Waals surface area contributed by atoms with E-state index in [4.69, 9.17) is 0 Å². The van der Waals surface area contributed by atoms with E-state index in [9.17, 15) is 9.18 Å². The van der Waals surface area contributed by atoms with Gasteiger partial charge in [0.15, 0.2) is 0 Å². The smallest absolute Gasteiger partial charge is 0.269 e. The van der Waals surface area contributed by atoms with Gasteiger partial charge < -0.3 is 5.32 Å². The largest absolute Gasteiger partial charge is 0.348 e. The molecule has 5 heteroatoms. The number of amides is 1. The van der Waals surface area contributed by atoms with Crippen molar-refractivity contribution in [2.45, 2.75) is 33.7 Å². The van der Waals surface area contributed by atoms with Crippen molar-refractivity contribution in [3.8, 4) is 11.3 Å². The maximum absolute atomic E-state index is 13.0. The summed E-state index contributed by atoms with van der Waals surface area (Å²) < 4.78 is 14.5. The SMILES string of the molecule is C[C@H](NC(=O)c1cc(-c2ccc(F)cc2)nn1C)C(C)(C)C. The summed E-state index contributed by atoms with van der Waals surface area (Å²) >= 11 is 0. The second-order valence-corrected chi connectivity index (χ2v) is 6.61. The third-order valence-electron chi connectivity index (χ3n) is 3.90. The molecule has 118 valence electrons. The second kappa shape index (κ2) is 5.91. The van der Waals surface area contributed by atoms with E-state index >= 15 is 0 Å². The quantitative estimate of drug-likeness (QED) is 0.944. The summed E-state index contributed by atoms with van der Waals surface area (Å²) in [6, 6.07) is 7.81. The highest BCUT2D eigenvalue weighted by Crippen LogP contribution is 2.21. The Morgan fingerprint density at radius 3 is 2.41 bits per heavy atom. The average molecular weight is 303 g/mol. The number of rotatable bonds is 3. The first kappa shape index (κ1) is 16.2. The summed E-state index contributed by atoms with van der Waals surface area (Å²) in [6.45, 7) is 8.20. The van der Waals surface area contributed by atoms with Crippen LogP contribution in [-0.4, -0.2) is 21.7 Å². The van der Waals surface area contributed by atoms with E-state index < -0.39 is 0 Å². The van der Waals surface area contributed by atoms with Crippen molar-refractivity contribution in [2.24, 2.45) is 12.5 Å². The Hall–Kier alpha value is -2.17. The number of carbonyl (C=O) groups excluding carboxylic acids is 1. The van der Waals surface area contributed by atoms with Gasteiger partial charge in [-0.3, -0.25) is 9.48 Å². The summed E-state index contributed by atoms with van der Waals surface area (Å²) in [5.74, 6) is -0.456. The Balaban J connectivity index is 2.23. The van der Waals surface area contributed by atoms with Gasteiger partial charge in [-0.1, -0.05) is 20.8 Å². The molecule has 1 aromatic heterocycles. The van der Waals surface area contributed by atoms with Gasteiger partial charge in [-0.05, 0) is 42.7 Å². The number of benzene rings is 1. The van der Waals surface area contributed by atoms with Crippen LogP contribution in [0.1, 0.15) is 38.2 Å². The van der Waals surface area contributed by atoms with E-state index in [-0.39, 0.29) is 23.2 Å². The van der Waals surface area contributed by atoms with E-state index in [1.807, 2.05) is 6.92 Å². The molecule has 0 fully saturated rings. The summed E-state index contributed by atoms with van der Waals surface area (Å²) in [6.07, 6.45) is 0. The molecule has 22 heavy (non-hydrogen) atoms. The maximum Gasteiger partial charge on any atom is 0.269 e. The van der Waals surface area contributed by atoms with Gasteiger partial charge in [-0.15, -0.1) is 0 Å². The summed E-state index contributed by atoms with van der Waals surface area (Å²) in [5.41, 5.74) is 1.89. The molecule has 4 nitrogen and oxygen atoms in total. The summed E-state index contributed by atoms with van der Waals surface area (Å²) in [4.78, 5) is 12.4. The third kappa shape index (κ3) is 3.53.